The van der Waals surface area contributed by atoms with Gasteiger partial charge in [0, 0.05) is 34.7 Å². The van der Waals surface area contributed by atoms with Crippen LogP contribution in [-0.4, -0.2) is 33.2 Å². The van der Waals surface area contributed by atoms with Gasteiger partial charge < -0.3 is 9.84 Å². The molecule has 1 saturated heterocycles. The van der Waals surface area contributed by atoms with E-state index in [1.807, 2.05) is 18.2 Å². The third kappa shape index (κ3) is 3.36. The van der Waals surface area contributed by atoms with E-state index in [2.05, 4.69) is 20.9 Å². The molecule has 1 aliphatic heterocycles. The Kier molecular flexibility index (Phi) is 4.82. The second kappa shape index (κ2) is 7.29. The number of halogens is 1. The smallest absolute Gasteiger partial charge is 0.293 e. The predicted octanol–water partition coefficient (Wildman–Crippen LogP) is 5.16. The molecule has 2 heterocycles. The number of aromatic hydroxyl groups is 1. The summed E-state index contributed by atoms with van der Waals surface area (Å²) in [6, 6.07) is 10.5. The fraction of sp³-hybridized carbons (Fsp3) is 0.0500. The second-order valence-corrected chi connectivity index (χ2v) is 7.88. The number of carbonyl (C=O) groups excluding carboxylic acids is 2. The van der Waals surface area contributed by atoms with Crippen molar-refractivity contribution in [3.63, 3.8) is 0 Å². The van der Waals surface area contributed by atoms with Crippen LogP contribution in [0, 0.1) is 0 Å². The summed E-state index contributed by atoms with van der Waals surface area (Å²) < 4.78 is 6.53. The third-order valence-corrected chi connectivity index (χ3v) is 5.86. The Morgan fingerprint density at radius 1 is 1.21 bits per heavy atom. The van der Waals surface area contributed by atoms with Crippen molar-refractivity contribution in [1.29, 1.82) is 0 Å². The highest BCUT2D eigenvalue weighted by Gasteiger charge is 2.32. The van der Waals surface area contributed by atoms with Crippen molar-refractivity contribution in [1.82, 2.24) is 9.88 Å². The van der Waals surface area contributed by atoms with Gasteiger partial charge in [-0.2, -0.15) is 0 Å². The summed E-state index contributed by atoms with van der Waals surface area (Å²) in [7, 11) is 1.44. The van der Waals surface area contributed by atoms with Crippen LogP contribution in [0.25, 0.3) is 16.8 Å². The highest BCUT2D eigenvalue weighted by atomic mass is 79.9. The second-order valence-electron chi connectivity index (χ2n) is 6.04. The van der Waals surface area contributed by atoms with E-state index in [1.165, 1.54) is 13.1 Å². The highest BCUT2D eigenvalue weighted by molar-refractivity contribution is 9.10. The molecule has 140 valence electrons. The Hall–Kier alpha value is -2.84. The molecule has 8 heteroatoms. The molecule has 4 rings (SSSR count). The monoisotopic (exact) mass is 456 g/mol. The largest absolute Gasteiger partial charge is 0.504 e. The number of aromatic nitrogens is 1. The first-order valence-corrected chi connectivity index (χ1v) is 9.79. The molecule has 0 atom stereocenters. The molecule has 0 saturated carbocycles. The number of pyridine rings is 1. The first kappa shape index (κ1) is 18.5. The minimum atomic E-state index is -0.362. The van der Waals surface area contributed by atoms with Gasteiger partial charge in [0.25, 0.3) is 11.1 Å². The summed E-state index contributed by atoms with van der Waals surface area (Å²) in [5.74, 6) is 0.379. The number of hydrogen-bond donors (Lipinski definition) is 1. The number of rotatable bonds is 3. The third-order valence-electron chi connectivity index (χ3n) is 4.21. The number of carbonyl (C=O) groups is 2. The maximum atomic E-state index is 12.1. The molecule has 3 aromatic rings. The minimum Gasteiger partial charge on any atom is -0.504 e. The molecule has 1 fully saturated rings. The lowest BCUT2D eigenvalue weighted by Gasteiger charge is -2.12. The van der Waals surface area contributed by atoms with Crippen LogP contribution < -0.4 is 4.74 Å². The van der Waals surface area contributed by atoms with Crippen molar-refractivity contribution in [3.8, 4) is 17.2 Å². The molecule has 28 heavy (non-hydrogen) atoms. The number of phenols is 1. The molecule has 0 spiro atoms. The summed E-state index contributed by atoms with van der Waals surface area (Å²) in [5.41, 5.74) is 0.605. The lowest BCUT2D eigenvalue weighted by molar-refractivity contribution is -0.121. The normalized spacial score (nSPS) is 15.6. The van der Waals surface area contributed by atoms with Gasteiger partial charge in [-0.25, -0.2) is 0 Å². The van der Waals surface area contributed by atoms with Crippen LogP contribution in [0.4, 0.5) is 4.79 Å². The Labute approximate surface area is 173 Å². The number of benzene rings is 2. The zero-order valence-corrected chi connectivity index (χ0v) is 17.0. The molecule has 0 radical (unpaired) electrons. The van der Waals surface area contributed by atoms with E-state index in [0.29, 0.717) is 20.7 Å². The standard InChI is InChI=1S/C20H13BrN2O4S/c1-23-19(25)18(28-20(23)26)8-12-7-17(15(24)9-14(12)21)27-16-4-2-3-11-10-22-6-5-13(11)16/h2-10,24H,1H3/b18-8-. The van der Waals surface area contributed by atoms with Gasteiger partial charge in [-0.1, -0.05) is 28.1 Å². The molecule has 2 aromatic carbocycles. The van der Waals surface area contributed by atoms with Crippen molar-refractivity contribution < 1.29 is 19.4 Å². The van der Waals surface area contributed by atoms with Gasteiger partial charge in [0.2, 0.25) is 0 Å². The SMILES string of the molecule is CN1C(=O)S/C(=C\c2cc(Oc3cccc4cnccc34)c(O)cc2Br)C1=O. The van der Waals surface area contributed by atoms with Gasteiger partial charge in [-0.05, 0) is 47.7 Å². The Morgan fingerprint density at radius 3 is 2.79 bits per heavy atom. The summed E-state index contributed by atoms with van der Waals surface area (Å²) in [5, 5.41) is 11.8. The van der Waals surface area contributed by atoms with Crippen molar-refractivity contribution >= 4 is 55.7 Å². The van der Waals surface area contributed by atoms with Crippen LogP contribution in [0.15, 0.2) is 58.2 Å². The lowest BCUT2D eigenvalue weighted by Crippen LogP contribution is -2.22. The Bertz CT molecular complexity index is 1160. The number of fused-ring (bicyclic) bond motifs is 1. The topological polar surface area (TPSA) is 79.7 Å². The number of thioether (sulfide) groups is 1. The minimum absolute atomic E-state index is 0.0568. The fourth-order valence-corrected chi connectivity index (χ4v) is 4.00. The number of likely N-dealkylation sites (N-methyl/N-ethyl adjacent to an activating group) is 1. The number of nitrogens with zero attached hydrogens (tertiary/aromatic N) is 2. The van der Waals surface area contributed by atoms with Crippen LogP contribution in [0.5, 0.6) is 17.2 Å². The predicted molar refractivity (Wildman–Crippen MR) is 111 cm³/mol. The van der Waals surface area contributed by atoms with Crippen molar-refractivity contribution in [2.75, 3.05) is 7.05 Å². The van der Waals surface area contributed by atoms with Gasteiger partial charge in [-0.15, -0.1) is 0 Å². The Morgan fingerprint density at radius 2 is 2.04 bits per heavy atom. The molecule has 1 aliphatic rings. The number of phenolic OH excluding ortho intramolecular Hbond substituents is 1. The maximum Gasteiger partial charge on any atom is 0.293 e. The molecule has 0 unspecified atom stereocenters. The zero-order valence-electron chi connectivity index (χ0n) is 14.5. The summed E-state index contributed by atoms with van der Waals surface area (Å²) >= 11 is 4.25. The Balaban J connectivity index is 1.74. The van der Waals surface area contributed by atoms with E-state index in [1.54, 1.807) is 30.6 Å². The molecular formula is C20H13BrN2O4S. The number of hydrogen-bond acceptors (Lipinski definition) is 6. The highest BCUT2D eigenvalue weighted by Crippen LogP contribution is 2.40. The van der Waals surface area contributed by atoms with Gasteiger partial charge in [-0.3, -0.25) is 19.5 Å². The molecule has 1 aromatic heterocycles. The molecule has 6 nitrogen and oxygen atoms in total. The van der Waals surface area contributed by atoms with E-state index in [4.69, 9.17) is 4.74 Å². The summed E-state index contributed by atoms with van der Waals surface area (Å²) in [6.45, 7) is 0. The van der Waals surface area contributed by atoms with Gasteiger partial charge in [0.1, 0.15) is 5.75 Å². The number of amides is 2. The zero-order chi connectivity index (χ0) is 19.8. The molecule has 0 bridgehead atoms. The van der Waals surface area contributed by atoms with Crippen LogP contribution in [0.1, 0.15) is 5.56 Å². The van der Waals surface area contributed by atoms with E-state index in [0.717, 1.165) is 27.4 Å². The number of imide groups is 1. The van der Waals surface area contributed by atoms with Gasteiger partial charge in [0.15, 0.2) is 11.5 Å². The maximum absolute atomic E-state index is 12.1. The van der Waals surface area contributed by atoms with E-state index in [-0.39, 0.29) is 22.6 Å². The molecule has 1 N–H and O–H groups in total. The van der Waals surface area contributed by atoms with Gasteiger partial charge in [0.05, 0.1) is 4.91 Å². The summed E-state index contributed by atoms with van der Waals surface area (Å²) in [6.07, 6.45) is 5.00. The molecular weight excluding hydrogens is 444 g/mol. The average molecular weight is 457 g/mol. The quantitative estimate of drug-likeness (QED) is 0.548. The van der Waals surface area contributed by atoms with E-state index >= 15 is 0 Å². The van der Waals surface area contributed by atoms with E-state index < -0.39 is 0 Å². The van der Waals surface area contributed by atoms with E-state index in [9.17, 15) is 14.7 Å². The van der Waals surface area contributed by atoms with Gasteiger partial charge >= 0.3 is 0 Å². The van der Waals surface area contributed by atoms with Crippen molar-refractivity contribution in [2.45, 2.75) is 0 Å². The van der Waals surface area contributed by atoms with Crippen LogP contribution in [0.2, 0.25) is 0 Å². The van der Waals surface area contributed by atoms with Crippen molar-refractivity contribution in [2.24, 2.45) is 0 Å². The average Bonchev–Trinajstić information content (AvgIpc) is 2.92. The van der Waals surface area contributed by atoms with Crippen molar-refractivity contribution in [3.05, 3.63) is 63.7 Å². The number of ether oxygens (including phenoxy) is 1. The first-order chi connectivity index (χ1) is 13.4. The lowest BCUT2D eigenvalue weighted by atomic mass is 10.1. The van der Waals surface area contributed by atoms with Crippen LogP contribution in [-0.2, 0) is 4.79 Å². The molecule has 2 amide bonds. The summed E-state index contributed by atoms with van der Waals surface area (Å²) in [4.78, 5) is 29.3. The fourth-order valence-electron chi connectivity index (χ4n) is 2.74. The van der Waals surface area contributed by atoms with Crippen LogP contribution in [0.3, 0.4) is 0 Å². The van der Waals surface area contributed by atoms with Crippen LogP contribution >= 0.6 is 27.7 Å². The first-order valence-electron chi connectivity index (χ1n) is 8.18. The molecule has 0 aliphatic carbocycles.